The van der Waals surface area contributed by atoms with Gasteiger partial charge in [-0.1, -0.05) is 30.3 Å². The molecule has 9 aromatic carbocycles. The first kappa shape index (κ1) is 34.4. The molecule has 2 heterocycles. The Morgan fingerprint density at radius 3 is 1.44 bits per heavy atom. The van der Waals surface area contributed by atoms with Gasteiger partial charge in [-0.05, 0) is 0 Å². The Kier molecular flexibility index (Phi) is 7.52. The zero-order valence-electron chi connectivity index (χ0n) is 33.2. The van der Waals surface area contributed by atoms with Crippen LogP contribution < -0.4 is 22.5 Å². The third-order valence-corrected chi connectivity index (χ3v) is 23.9. The number of para-hydroxylation sites is 1. The fraction of sp³-hybridized carbons (Fsp3) is 0.0526. The van der Waals surface area contributed by atoms with Crippen LogP contribution >= 0.6 is 0 Å². The van der Waals surface area contributed by atoms with E-state index < -0.39 is 13.3 Å². The summed E-state index contributed by atoms with van der Waals surface area (Å²) in [7, 11) is 0. The minimum absolute atomic E-state index is 0.117. The minimum atomic E-state index is -3.37. The molecule has 0 amide bonds. The van der Waals surface area contributed by atoms with Crippen LogP contribution in [0, 0.1) is 0 Å². The molecule has 1 spiro atoms. The molecule has 0 bridgehead atoms. The van der Waals surface area contributed by atoms with Crippen molar-refractivity contribution in [3.8, 4) is 55.6 Å². The molecule has 0 radical (unpaired) electrons. The van der Waals surface area contributed by atoms with Crippen LogP contribution in [0.2, 0.25) is 0 Å². The molecule has 1 nitrogen and oxygen atoms in total. The molecule has 0 fully saturated rings. The summed E-state index contributed by atoms with van der Waals surface area (Å²) >= 11 is -3.37. The predicted molar refractivity (Wildman–Crippen MR) is 251 cm³/mol. The van der Waals surface area contributed by atoms with Crippen molar-refractivity contribution >= 4 is 47.9 Å². The van der Waals surface area contributed by atoms with Gasteiger partial charge in [0.2, 0.25) is 0 Å². The number of rotatable bonds is 5. The Bertz CT molecular complexity index is 3080. The molecule has 2 heteroatoms. The molecule has 3 aliphatic rings. The van der Waals surface area contributed by atoms with E-state index in [-0.39, 0.29) is 5.41 Å². The van der Waals surface area contributed by atoms with Gasteiger partial charge in [0.25, 0.3) is 0 Å². The zero-order valence-corrected chi connectivity index (χ0v) is 35.3. The van der Waals surface area contributed by atoms with Crippen molar-refractivity contribution in [1.29, 1.82) is 0 Å². The van der Waals surface area contributed by atoms with Crippen molar-refractivity contribution in [2.75, 3.05) is 4.90 Å². The van der Waals surface area contributed by atoms with Gasteiger partial charge in [0.15, 0.2) is 0 Å². The van der Waals surface area contributed by atoms with Gasteiger partial charge in [-0.3, -0.25) is 0 Å². The summed E-state index contributed by atoms with van der Waals surface area (Å²) in [6.45, 7) is 4.74. The second-order valence-electron chi connectivity index (χ2n) is 16.8. The summed E-state index contributed by atoms with van der Waals surface area (Å²) in [4.78, 5) is 2.49. The van der Waals surface area contributed by atoms with E-state index in [0.29, 0.717) is 0 Å². The van der Waals surface area contributed by atoms with Gasteiger partial charge in [-0.15, -0.1) is 0 Å². The fourth-order valence-electron chi connectivity index (χ4n) is 10.9. The van der Waals surface area contributed by atoms with Crippen LogP contribution in [0.1, 0.15) is 25.0 Å². The number of hydrogen-bond donors (Lipinski definition) is 0. The molecule has 0 atom stereocenters. The van der Waals surface area contributed by atoms with Gasteiger partial charge in [0.1, 0.15) is 0 Å². The molecule has 0 saturated carbocycles. The Hall–Kier alpha value is -6.68. The molecule has 0 N–H and O–H groups in total. The summed E-state index contributed by atoms with van der Waals surface area (Å²) in [6, 6.07) is 80.1. The van der Waals surface area contributed by atoms with Crippen molar-refractivity contribution in [2.45, 2.75) is 19.3 Å². The molecule has 12 rings (SSSR count). The van der Waals surface area contributed by atoms with E-state index in [0.717, 1.165) is 17.1 Å². The summed E-state index contributed by atoms with van der Waals surface area (Å²) in [5.41, 5.74) is 19.3. The van der Waals surface area contributed by atoms with Crippen molar-refractivity contribution in [2.24, 2.45) is 0 Å². The summed E-state index contributed by atoms with van der Waals surface area (Å²) in [6.07, 6.45) is 0. The number of fused-ring (bicyclic) bond motifs is 13. The maximum atomic E-state index is 2.59. The van der Waals surface area contributed by atoms with Gasteiger partial charge in [0.05, 0.1) is 0 Å². The van der Waals surface area contributed by atoms with Crippen molar-refractivity contribution in [3.05, 3.63) is 223 Å². The molecular formula is C57H41GeN. The van der Waals surface area contributed by atoms with Gasteiger partial charge >= 0.3 is 321 Å². The van der Waals surface area contributed by atoms with E-state index in [1.807, 2.05) is 0 Å². The molecule has 0 unspecified atom stereocenters. The monoisotopic (exact) mass is 813 g/mol. The topological polar surface area (TPSA) is 3.24 Å². The normalized spacial score (nSPS) is 14.2. The number of benzene rings is 9. The zero-order chi connectivity index (χ0) is 39.3. The molecule has 278 valence electrons. The average Bonchev–Trinajstić information content (AvgIpc) is 3.85. The second-order valence-corrected chi connectivity index (χ2v) is 24.5. The first-order valence-electron chi connectivity index (χ1n) is 20.8. The Morgan fingerprint density at radius 2 is 0.780 bits per heavy atom. The maximum absolute atomic E-state index is 3.37. The quantitative estimate of drug-likeness (QED) is 0.157. The number of hydrogen-bond acceptors (Lipinski definition) is 1. The molecular weight excluding hydrogens is 771 g/mol. The average molecular weight is 813 g/mol. The van der Waals surface area contributed by atoms with Crippen LogP contribution in [0.4, 0.5) is 17.1 Å². The SMILES string of the molecule is CC1(C)c2ccccc2-c2ccc(N(c3ccc(-c4ccccc4)cc3)c3ccccc3-c3ccc4[c](c3)[Ge]3([c]5ccccc5-c5cccc[c]53)[c]3ccccc3-4)cc21. The number of nitrogens with zero attached hydrogens (tertiary/aromatic N) is 1. The van der Waals surface area contributed by atoms with Crippen molar-refractivity contribution < 1.29 is 0 Å². The van der Waals surface area contributed by atoms with Crippen LogP contribution in [0.3, 0.4) is 0 Å². The Balaban J connectivity index is 1.07. The van der Waals surface area contributed by atoms with E-state index in [9.17, 15) is 0 Å². The third-order valence-electron chi connectivity index (χ3n) is 13.5. The van der Waals surface area contributed by atoms with Crippen LogP contribution in [0.5, 0.6) is 0 Å². The van der Waals surface area contributed by atoms with Crippen molar-refractivity contribution in [3.63, 3.8) is 0 Å². The number of anilines is 3. The summed E-state index contributed by atoms with van der Waals surface area (Å²) in [5, 5.41) is 0. The third kappa shape index (κ3) is 4.86. The standard InChI is InChI=1S/C57H41GeN/c1-57(2)50-23-11-6-19-44(50)45-35-33-42(37-51(45)57)59(41-31-28-39(29-32-41)38-16-4-3-5-17-38)56-27-15-10-18-43(56)40-30-34-49-48-22-9-14-26-54(48)58(55(49)36-40)52-24-12-7-20-46(52)47-21-8-13-25-53(47)58/h3-37H,1-2H3. The molecule has 0 saturated heterocycles. The van der Waals surface area contributed by atoms with Crippen LogP contribution in [0.25, 0.3) is 55.6 Å². The molecule has 2 aliphatic heterocycles. The van der Waals surface area contributed by atoms with Crippen LogP contribution in [0.15, 0.2) is 212 Å². The van der Waals surface area contributed by atoms with Gasteiger partial charge in [-0.2, -0.15) is 0 Å². The fourth-order valence-corrected chi connectivity index (χ4v) is 22.7. The van der Waals surface area contributed by atoms with Gasteiger partial charge in [-0.25, -0.2) is 0 Å². The van der Waals surface area contributed by atoms with Crippen LogP contribution in [-0.4, -0.2) is 13.3 Å². The van der Waals surface area contributed by atoms with Crippen molar-refractivity contribution in [1.82, 2.24) is 0 Å². The molecule has 59 heavy (non-hydrogen) atoms. The van der Waals surface area contributed by atoms with E-state index in [1.165, 1.54) is 71.2 Å². The Labute approximate surface area is 349 Å². The summed E-state index contributed by atoms with van der Waals surface area (Å²) in [5.74, 6) is 0. The first-order chi connectivity index (χ1) is 29.0. The Morgan fingerprint density at radius 1 is 0.322 bits per heavy atom. The second kappa shape index (κ2) is 12.9. The summed E-state index contributed by atoms with van der Waals surface area (Å²) < 4.78 is 6.18. The van der Waals surface area contributed by atoms with E-state index in [1.54, 1.807) is 13.2 Å². The van der Waals surface area contributed by atoms with E-state index >= 15 is 0 Å². The predicted octanol–water partition coefficient (Wildman–Crippen LogP) is 12.1. The first-order valence-corrected chi connectivity index (χ1v) is 25.0. The molecule has 1 aliphatic carbocycles. The van der Waals surface area contributed by atoms with Crippen LogP contribution in [-0.2, 0) is 5.41 Å². The molecule has 0 aromatic heterocycles. The van der Waals surface area contributed by atoms with Gasteiger partial charge in [0, 0.05) is 0 Å². The van der Waals surface area contributed by atoms with E-state index in [4.69, 9.17) is 0 Å². The van der Waals surface area contributed by atoms with E-state index in [2.05, 4.69) is 231 Å². The molecule has 9 aromatic rings. The van der Waals surface area contributed by atoms with Gasteiger partial charge < -0.3 is 0 Å².